The summed E-state index contributed by atoms with van der Waals surface area (Å²) in [4.78, 5) is 0. The molecule has 0 aromatic rings. The fourth-order valence-corrected chi connectivity index (χ4v) is 0. The first kappa shape index (κ1) is 23.9. The number of hydrogen-bond donors (Lipinski definition) is 0. The quantitative estimate of drug-likeness (QED) is 0.498. The Kier molecular flexibility index (Phi) is 101. The Hall–Kier alpha value is 2.32. The van der Waals surface area contributed by atoms with Crippen LogP contribution in [0.25, 0.3) is 0 Å². The molecular formula is C4H8Cl8. The van der Waals surface area contributed by atoms with Gasteiger partial charge in [-0.15, -0.1) is 92.8 Å². The van der Waals surface area contributed by atoms with E-state index in [9.17, 15) is 0 Å². The van der Waals surface area contributed by atoms with E-state index in [0.29, 0.717) is 0 Å². The van der Waals surface area contributed by atoms with Crippen LogP contribution in [0.5, 0.6) is 0 Å². The van der Waals surface area contributed by atoms with Gasteiger partial charge in [-0.2, -0.15) is 0 Å². The molecule has 0 aliphatic rings. The number of hydrogen-bond acceptors (Lipinski definition) is 0. The second-order valence-corrected chi connectivity index (χ2v) is 3.64. The first-order chi connectivity index (χ1) is 5.66. The molecule has 0 aliphatic heterocycles. The van der Waals surface area contributed by atoms with Gasteiger partial charge in [-0.3, -0.25) is 0 Å². The number of rotatable bonds is 0. The lowest BCUT2D eigenvalue weighted by Gasteiger charge is -1.42. The minimum absolute atomic E-state index is 0.194. The lowest BCUT2D eigenvalue weighted by Crippen LogP contribution is -1.24. The molecule has 0 aromatic heterocycles. The zero-order chi connectivity index (χ0) is 10.8. The van der Waals surface area contributed by atoms with Crippen LogP contribution in [0.3, 0.4) is 0 Å². The van der Waals surface area contributed by atoms with Gasteiger partial charge in [0.05, 0.1) is 21.4 Å². The Balaban J connectivity index is -0.0000000356. The summed E-state index contributed by atoms with van der Waals surface area (Å²) in [5, 5.41) is 0.778. The van der Waals surface area contributed by atoms with Crippen LogP contribution in [0, 0.1) is 0 Å². The summed E-state index contributed by atoms with van der Waals surface area (Å²) < 4.78 is 0. The molecule has 0 aliphatic carbocycles. The van der Waals surface area contributed by atoms with Crippen LogP contribution in [0.4, 0.5) is 0 Å². The molecule has 0 radical (unpaired) electrons. The summed E-state index contributed by atoms with van der Waals surface area (Å²) in [7, 11) is 0. The zero-order valence-electron chi connectivity index (χ0n) is 5.85. The molecule has 12 heavy (non-hydrogen) atoms. The smallest absolute Gasteiger partial charge is 0.0967 e. The van der Waals surface area contributed by atoms with Crippen LogP contribution < -0.4 is 0 Å². The predicted octanol–water partition coefficient (Wildman–Crippen LogP) is 5.69. The maximum Gasteiger partial charge on any atom is 0.0967 e. The van der Waals surface area contributed by atoms with Gasteiger partial charge in [0.25, 0.3) is 0 Å². The van der Waals surface area contributed by atoms with Crippen molar-refractivity contribution in [3.05, 3.63) is 0 Å². The van der Waals surface area contributed by atoms with Gasteiger partial charge in [-0.05, 0) is 0 Å². The Morgan fingerprint density at radius 1 is 0.333 bits per heavy atom. The SMILES string of the molecule is ClCCl.ClCCl.ClCCl.ClCCl. The van der Waals surface area contributed by atoms with E-state index in [4.69, 9.17) is 92.8 Å². The molecule has 0 aromatic carbocycles. The van der Waals surface area contributed by atoms with E-state index in [1.165, 1.54) is 0 Å². The minimum atomic E-state index is 0.194. The average Bonchev–Trinajstić information content (AvgIpc) is 1.92. The molecule has 0 spiro atoms. The van der Waals surface area contributed by atoms with Gasteiger partial charge in [-0.25, -0.2) is 0 Å². The van der Waals surface area contributed by atoms with E-state index in [2.05, 4.69) is 0 Å². The Labute approximate surface area is 113 Å². The van der Waals surface area contributed by atoms with E-state index in [1.807, 2.05) is 0 Å². The standard InChI is InChI=1S/4CH2Cl2/c4*2-1-3/h4*1H2. The minimum Gasteiger partial charge on any atom is -0.109 e. The van der Waals surface area contributed by atoms with Gasteiger partial charge in [0.15, 0.2) is 0 Å². The third-order valence-corrected chi connectivity index (χ3v) is 0. The molecule has 0 heterocycles. The van der Waals surface area contributed by atoms with E-state index in [1.54, 1.807) is 0 Å². The summed E-state index contributed by atoms with van der Waals surface area (Å²) >= 11 is 38.1. The first-order valence-corrected chi connectivity index (χ1v) is 6.41. The van der Waals surface area contributed by atoms with Crippen LogP contribution in [-0.2, 0) is 0 Å². The first-order valence-electron chi connectivity index (χ1n) is 2.14. The predicted molar refractivity (Wildman–Crippen MR) is 66.3 cm³/mol. The zero-order valence-corrected chi connectivity index (χ0v) is 11.9. The van der Waals surface area contributed by atoms with E-state index < -0.39 is 0 Å². The van der Waals surface area contributed by atoms with Crippen molar-refractivity contribution < 1.29 is 0 Å². The average molecular weight is 340 g/mol. The van der Waals surface area contributed by atoms with Crippen LogP contribution in [0.1, 0.15) is 0 Å². The van der Waals surface area contributed by atoms with Crippen molar-refractivity contribution in [2.75, 3.05) is 21.4 Å². The molecular weight excluding hydrogens is 332 g/mol. The Bertz CT molecular complexity index is 19.0. The van der Waals surface area contributed by atoms with Gasteiger partial charge in [0, 0.05) is 0 Å². The van der Waals surface area contributed by atoms with Gasteiger partial charge in [0.2, 0.25) is 0 Å². The highest BCUT2D eigenvalue weighted by Crippen LogP contribution is 1.74. The van der Waals surface area contributed by atoms with E-state index >= 15 is 0 Å². The van der Waals surface area contributed by atoms with Crippen LogP contribution in [-0.4, -0.2) is 21.4 Å². The molecule has 0 fully saturated rings. The fraction of sp³-hybridized carbons (Fsp3) is 1.00. The van der Waals surface area contributed by atoms with Gasteiger partial charge >= 0.3 is 0 Å². The topological polar surface area (TPSA) is 0 Å². The van der Waals surface area contributed by atoms with Crippen molar-refractivity contribution in [2.45, 2.75) is 0 Å². The molecule has 0 rings (SSSR count). The van der Waals surface area contributed by atoms with Crippen molar-refractivity contribution in [1.29, 1.82) is 0 Å². The van der Waals surface area contributed by atoms with Gasteiger partial charge < -0.3 is 0 Å². The summed E-state index contributed by atoms with van der Waals surface area (Å²) in [5.41, 5.74) is 0. The molecule has 0 nitrogen and oxygen atoms in total. The summed E-state index contributed by atoms with van der Waals surface area (Å²) in [5.74, 6) is 0. The monoisotopic (exact) mass is 336 g/mol. The second-order valence-electron chi connectivity index (χ2n) is 0.404. The molecule has 0 amide bonds. The second kappa shape index (κ2) is 50.6. The molecule has 0 saturated heterocycles. The van der Waals surface area contributed by atoms with Crippen LogP contribution in [0.15, 0.2) is 0 Å². The van der Waals surface area contributed by atoms with Crippen LogP contribution in [0.2, 0.25) is 0 Å². The summed E-state index contributed by atoms with van der Waals surface area (Å²) in [6.07, 6.45) is 0. The Morgan fingerprint density at radius 2 is 0.333 bits per heavy atom. The van der Waals surface area contributed by atoms with Gasteiger partial charge in [-0.1, -0.05) is 0 Å². The summed E-state index contributed by atoms with van der Waals surface area (Å²) in [6, 6.07) is 0. The summed E-state index contributed by atoms with van der Waals surface area (Å²) in [6.45, 7) is 0. The molecule has 0 unspecified atom stereocenters. The normalized spacial score (nSPS) is 6.00. The number of alkyl halides is 8. The van der Waals surface area contributed by atoms with Crippen LogP contribution >= 0.6 is 92.8 Å². The molecule has 80 valence electrons. The highest BCUT2D eigenvalue weighted by Gasteiger charge is 1.42. The third-order valence-electron chi connectivity index (χ3n) is 0. The number of halogens is 8. The largest absolute Gasteiger partial charge is 0.109 e. The van der Waals surface area contributed by atoms with E-state index in [0.717, 1.165) is 0 Å². The lowest BCUT2D eigenvalue weighted by atomic mass is 11.9. The fourth-order valence-electron chi connectivity index (χ4n) is 0. The molecule has 0 N–H and O–H groups in total. The van der Waals surface area contributed by atoms with Crippen molar-refractivity contribution in [2.24, 2.45) is 0 Å². The van der Waals surface area contributed by atoms with E-state index in [-0.39, 0.29) is 21.4 Å². The molecule has 8 heteroatoms. The molecule has 0 atom stereocenters. The molecule has 0 saturated carbocycles. The molecule has 0 bridgehead atoms. The van der Waals surface area contributed by atoms with Crippen molar-refractivity contribution in [3.63, 3.8) is 0 Å². The Morgan fingerprint density at radius 3 is 0.333 bits per heavy atom. The third kappa shape index (κ3) is 293. The van der Waals surface area contributed by atoms with Crippen molar-refractivity contribution in [1.82, 2.24) is 0 Å². The van der Waals surface area contributed by atoms with Crippen molar-refractivity contribution >= 4 is 92.8 Å². The van der Waals surface area contributed by atoms with Gasteiger partial charge in [0.1, 0.15) is 0 Å². The maximum atomic E-state index is 4.76. The maximum absolute atomic E-state index is 4.76. The lowest BCUT2D eigenvalue weighted by molar-refractivity contribution is 2.20. The highest BCUT2D eigenvalue weighted by atomic mass is 35.5. The van der Waals surface area contributed by atoms with Crippen molar-refractivity contribution in [3.8, 4) is 0 Å². The highest BCUT2D eigenvalue weighted by molar-refractivity contribution is 6.41.